The lowest BCUT2D eigenvalue weighted by atomic mass is 10.1. The van der Waals surface area contributed by atoms with Gasteiger partial charge in [-0.3, -0.25) is 4.98 Å². The molecule has 1 aliphatic carbocycles. The Morgan fingerprint density at radius 3 is 2.62 bits per heavy atom. The zero-order valence-electron chi connectivity index (χ0n) is 9.75. The van der Waals surface area contributed by atoms with Crippen LogP contribution in [0.15, 0.2) is 24.4 Å². The van der Waals surface area contributed by atoms with Crippen LogP contribution in [0, 0.1) is 13.8 Å². The molecular weight excluding hydrogens is 196 g/mol. The number of aryl methyl sites for hydroxylation is 2. The molecule has 0 radical (unpaired) electrons. The summed E-state index contributed by atoms with van der Waals surface area (Å²) in [7, 11) is 0. The average Bonchev–Trinajstić information content (AvgIpc) is 3.00. The molecule has 1 aromatic heterocycles. The van der Waals surface area contributed by atoms with Gasteiger partial charge in [0.25, 0.3) is 0 Å². The molecule has 3 rings (SSSR count). The lowest BCUT2D eigenvalue weighted by Crippen LogP contribution is -2.02. The third kappa shape index (κ3) is 1.75. The highest BCUT2D eigenvalue weighted by atomic mass is 15.0. The Morgan fingerprint density at radius 2 is 1.88 bits per heavy atom. The van der Waals surface area contributed by atoms with Crippen LogP contribution in [0.2, 0.25) is 0 Å². The standard InChI is InChI=1S/C14H16N2/c1-9-5-11-6-10(2)8-15-14(11)13(7-9)16-12-3-4-12/h5-8,12,16H,3-4H2,1-2H3. The Kier molecular flexibility index (Phi) is 2.10. The number of fused-ring (bicyclic) bond motifs is 1. The minimum Gasteiger partial charge on any atom is -0.381 e. The van der Waals surface area contributed by atoms with Crippen LogP contribution in [0.5, 0.6) is 0 Å². The summed E-state index contributed by atoms with van der Waals surface area (Å²) in [6.45, 7) is 4.22. The third-order valence-corrected chi connectivity index (χ3v) is 3.00. The molecule has 1 aromatic carbocycles. The normalized spacial score (nSPS) is 15.4. The Bertz CT molecular complexity index is 536. The predicted molar refractivity (Wildman–Crippen MR) is 67.9 cm³/mol. The van der Waals surface area contributed by atoms with Gasteiger partial charge in [0.1, 0.15) is 0 Å². The number of aromatic nitrogens is 1. The average molecular weight is 212 g/mol. The van der Waals surface area contributed by atoms with E-state index in [0.717, 1.165) is 5.52 Å². The fourth-order valence-corrected chi connectivity index (χ4v) is 2.07. The molecule has 1 fully saturated rings. The van der Waals surface area contributed by atoms with Gasteiger partial charge in [0, 0.05) is 17.6 Å². The highest BCUT2D eigenvalue weighted by Crippen LogP contribution is 2.30. The van der Waals surface area contributed by atoms with E-state index in [1.807, 2.05) is 6.20 Å². The zero-order chi connectivity index (χ0) is 11.1. The van der Waals surface area contributed by atoms with Gasteiger partial charge in [0.2, 0.25) is 0 Å². The smallest absolute Gasteiger partial charge is 0.0933 e. The first-order valence-electron chi connectivity index (χ1n) is 5.86. The fourth-order valence-electron chi connectivity index (χ4n) is 2.07. The quantitative estimate of drug-likeness (QED) is 0.825. The van der Waals surface area contributed by atoms with Crippen LogP contribution < -0.4 is 5.32 Å². The zero-order valence-corrected chi connectivity index (χ0v) is 9.75. The highest BCUT2D eigenvalue weighted by molar-refractivity contribution is 5.91. The summed E-state index contributed by atoms with van der Waals surface area (Å²) in [5.41, 5.74) is 4.80. The summed E-state index contributed by atoms with van der Waals surface area (Å²) in [5, 5.41) is 4.80. The van der Waals surface area contributed by atoms with Crippen molar-refractivity contribution in [3.8, 4) is 0 Å². The first-order chi connectivity index (χ1) is 7.72. The van der Waals surface area contributed by atoms with E-state index in [2.05, 4.69) is 42.3 Å². The monoisotopic (exact) mass is 212 g/mol. The second kappa shape index (κ2) is 3.48. The maximum Gasteiger partial charge on any atom is 0.0933 e. The molecule has 2 nitrogen and oxygen atoms in total. The number of nitrogens with zero attached hydrogens (tertiary/aromatic N) is 1. The van der Waals surface area contributed by atoms with Crippen LogP contribution >= 0.6 is 0 Å². The summed E-state index contributed by atoms with van der Waals surface area (Å²) < 4.78 is 0. The van der Waals surface area contributed by atoms with Crippen LogP contribution in [0.25, 0.3) is 10.9 Å². The van der Waals surface area contributed by atoms with Gasteiger partial charge in [0.15, 0.2) is 0 Å². The molecule has 1 aliphatic rings. The summed E-state index contributed by atoms with van der Waals surface area (Å²) in [4.78, 5) is 4.54. The lowest BCUT2D eigenvalue weighted by molar-refractivity contribution is 1.15. The van der Waals surface area contributed by atoms with E-state index in [9.17, 15) is 0 Å². The molecule has 0 spiro atoms. The number of hydrogen-bond acceptors (Lipinski definition) is 2. The number of pyridine rings is 1. The number of hydrogen-bond donors (Lipinski definition) is 1. The molecule has 2 aromatic rings. The summed E-state index contributed by atoms with van der Waals surface area (Å²) in [6, 6.07) is 7.28. The Balaban J connectivity index is 2.16. The Labute approximate surface area is 95.7 Å². The lowest BCUT2D eigenvalue weighted by Gasteiger charge is -2.10. The Hall–Kier alpha value is -1.57. The molecule has 0 amide bonds. The molecule has 0 bridgehead atoms. The molecule has 0 unspecified atom stereocenters. The first kappa shape index (κ1) is 9.64. The summed E-state index contributed by atoms with van der Waals surface area (Å²) >= 11 is 0. The van der Waals surface area contributed by atoms with Crippen LogP contribution in [0.1, 0.15) is 24.0 Å². The van der Waals surface area contributed by atoms with Crippen molar-refractivity contribution in [1.82, 2.24) is 4.98 Å². The number of benzene rings is 1. The molecule has 16 heavy (non-hydrogen) atoms. The molecule has 82 valence electrons. The van der Waals surface area contributed by atoms with E-state index >= 15 is 0 Å². The molecule has 2 heteroatoms. The highest BCUT2D eigenvalue weighted by Gasteiger charge is 2.21. The van der Waals surface area contributed by atoms with E-state index in [-0.39, 0.29) is 0 Å². The molecule has 0 atom stereocenters. The molecule has 0 saturated heterocycles. The first-order valence-corrected chi connectivity index (χ1v) is 5.86. The Morgan fingerprint density at radius 1 is 1.12 bits per heavy atom. The maximum absolute atomic E-state index is 4.54. The number of rotatable bonds is 2. The van der Waals surface area contributed by atoms with E-state index in [4.69, 9.17) is 0 Å². The maximum atomic E-state index is 4.54. The van der Waals surface area contributed by atoms with Crippen molar-refractivity contribution in [1.29, 1.82) is 0 Å². The van der Waals surface area contributed by atoms with Crippen molar-refractivity contribution in [2.45, 2.75) is 32.7 Å². The van der Waals surface area contributed by atoms with Gasteiger partial charge in [-0.2, -0.15) is 0 Å². The van der Waals surface area contributed by atoms with Gasteiger partial charge >= 0.3 is 0 Å². The number of nitrogens with one attached hydrogen (secondary N) is 1. The molecule has 1 heterocycles. The minimum atomic E-state index is 0.674. The van der Waals surface area contributed by atoms with Crippen molar-refractivity contribution >= 4 is 16.6 Å². The van der Waals surface area contributed by atoms with Crippen LogP contribution in [0.3, 0.4) is 0 Å². The summed E-state index contributed by atoms with van der Waals surface area (Å²) in [6.07, 6.45) is 4.53. The largest absolute Gasteiger partial charge is 0.381 e. The molecule has 1 saturated carbocycles. The SMILES string of the molecule is Cc1cnc2c(NC3CC3)cc(C)cc2c1. The van der Waals surface area contributed by atoms with Gasteiger partial charge in [-0.25, -0.2) is 0 Å². The number of anilines is 1. The van der Waals surface area contributed by atoms with Gasteiger partial charge < -0.3 is 5.32 Å². The van der Waals surface area contributed by atoms with Gasteiger partial charge in [-0.05, 0) is 56.0 Å². The van der Waals surface area contributed by atoms with Gasteiger partial charge in [0.05, 0.1) is 11.2 Å². The van der Waals surface area contributed by atoms with Crippen molar-refractivity contribution in [3.63, 3.8) is 0 Å². The van der Waals surface area contributed by atoms with Crippen molar-refractivity contribution < 1.29 is 0 Å². The van der Waals surface area contributed by atoms with E-state index < -0.39 is 0 Å². The molecular formula is C14H16N2. The van der Waals surface area contributed by atoms with E-state index in [1.165, 1.54) is 35.0 Å². The van der Waals surface area contributed by atoms with Crippen molar-refractivity contribution in [2.24, 2.45) is 0 Å². The second-order valence-electron chi connectivity index (χ2n) is 4.82. The molecule has 0 aliphatic heterocycles. The topological polar surface area (TPSA) is 24.9 Å². The fraction of sp³-hybridized carbons (Fsp3) is 0.357. The van der Waals surface area contributed by atoms with E-state index in [0.29, 0.717) is 6.04 Å². The minimum absolute atomic E-state index is 0.674. The van der Waals surface area contributed by atoms with Crippen molar-refractivity contribution in [3.05, 3.63) is 35.5 Å². The predicted octanol–water partition coefficient (Wildman–Crippen LogP) is 3.43. The van der Waals surface area contributed by atoms with Gasteiger partial charge in [-0.15, -0.1) is 0 Å². The van der Waals surface area contributed by atoms with E-state index in [1.54, 1.807) is 0 Å². The van der Waals surface area contributed by atoms with Crippen LogP contribution in [-0.2, 0) is 0 Å². The van der Waals surface area contributed by atoms with Gasteiger partial charge in [-0.1, -0.05) is 0 Å². The van der Waals surface area contributed by atoms with Crippen LogP contribution in [-0.4, -0.2) is 11.0 Å². The van der Waals surface area contributed by atoms with Crippen LogP contribution in [0.4, 0.5) is 5.69 Å². The second-order valence-corrected chi connectivity index (χ2v) is 4.82. The van der Waals surface area contributed by atoms with Crippen molar-refractivity contribution in [2.75, 3.05) is 5.32 Å². The molecule has 1 N–H and O–H groups in total. The third-order valence-electron chi connectivity index (χ3n) is 3.00. The summed E-state index contributed by atoms with van der Waals surface area (Å²) in [5.74, 6) is 0.